The predicted octanol–water partition coefficient (Wildman–Crippen LogP) is 0.529. The summed E-state index contributed by atoms with van der Waals surface area (Å²) in [5.74, 6) is -0.546. The van der Waals surface area contributed by atoms with E-state index in [4.69, 9.17) is 9.84 Å². The van der Waals surface area contributed by atoms with Crippen molar-refractivity contribution in [1.29, 1.82) is 0 Å². The molecule has 6 heteroatoms. The van der Waals surface area contributed by atoms with Crippen molar-refractivity contribution in [1.82, 2.24) is 10.2 Å². The van der Waals surface area contributed by atoms with E-state index in [1.807, 2.05) is 0 Å². The summed E-state index contributed by atoms with van der Waals surface area (Å²) >= 11 is 0. The molecule has 0 aliphatic carbocycles. The Hall–Kier alpha value is -1.30. The highest BCUT2D eigenvalue weighted by Crippen LogP contribution is 2.16. The first kappa shape index (κ1) is 13.8. The van der Waals surface area contributed by atoms with Crippen molar-refractivity contribution >= 4 is 12.1 Å². The van der Waals surface area contributed by atoms with Gasteiger partial charge in [-0.1, -0.05) is 0 Å². The summed E-state index contributed by atoms with van der Waals surface area (Å²) in [6, 6.07) is 0. The van der Waals surface area contributed by atoms with Crippen LogP contribution in [0.3, 0.4) is 0 Å². The topological polar surface area (TPSA) is 78.9 Å². The first-order valence-corrected chi connectivity index (χ1v) is 5.97. The lowest BCUT2D eigenvalue weighted by molar-refractivity contribution is -0.136. The minimum Gasteiger partial charge on any atom is -0.480 e. The number of nitrogens with zero attached hydrogens (tertiary/aromatic N) is 1. The van der Waals surface area contributed by atoms with Crippen molar-refractivity contribution in [2.45, 2.75) is 19.8 Å². The van der Waals surface area contributed by atoms with Crippen molar-refractivity contribution in [2.24, 2.45) is 5.92 Å². The highest BCUT2D eigenvalue weighted by Gasteiger charge is 2.24. The number of nitrogens with one attached hydrogen (secondary N) is 1. The van der Waals surface area contributed by atoms with Gasteiger partial charge in [0.25, 0.3) is 0 Å². The standard InChI is InChI=1S/C11H20N2O4/c1-2-17-11(16)13-5-3-4-9(8-13)6-12-7-10(14)15/h9,12H,2-8H2,1H3,(H,14,15). The Bertz CT molecular complexity index is 270. The maximum Gasteiger partial charge on any atom is 0.409 e. The smallest absolute Gasteiger partial charge is 0.409 e. The molecule has 0 spiro atoms. The van der Waals surface area contributed by atoms with Crippen LogP contribution in [-0.2, 0) is 9.53 Å². The number of aliphatic carboxylic acids is 1. The summed E-state index contributed by atoms with van der Waals surface area (Å²) < 4.78 is 4.94. The Kier molecular flexibility index (Phi) is 5.76. The van der Waals surface area contributed by atoms with Crippen LogP contribution < -0.4 is 5.32 Å². The van der Waals surface area contributed by atoms with E-state index in [0.29, 0.717) is 25.6 Å². The van der Waals surface area contributed by atoms with E-state index in [-0.39, 0.29) is 12.6 Å². The van der Waals surface area contributed by atoms with E-state index in [0.717, 1.165) is 19.4 Å². The number of carboxylic acid groups (broad SMARTS) is 1. The molecule has 0 saturated carbocycles. The van der Waals surface area contributed by atoms with Crippen molar-refractivity contribution in [3.8, 4) is 0 Å². The summed E-state index contributed by atoms with van der Waals surface area (Å²) in [6.45, 7) is 4.14. The van der Waals surface area contributed by atoms with Crippen LogP contribution in [-0.4, -0.2) is 54.9 Å². The van der Waals surface area contributed by atoms with Gasteiger partial charge in [0.2, 0.25) is 0 Å². The van der Waals surface area contributed by atoms with E-state index < -0.39 is 5.97 Å². The molecule has 0 bridgehead atoms. The average molecular weight is 244 g/mol. The van der Waals surface area contributed by atoms with Gasteiger partial charge in [0, 0.05) is 19.6 Å². The minimum atomic E-state index is -0.858. The Morgan fingerprint density at radius 2 is 2.29 bits per heavy atom. The third-order valence-electron chi connectivity index (χ3n) is 2.75. The van der Waals surface area contributed by atoms with Gasteiger partial charge < -0.3 is 20.1 Å². The Balaban J connectivity index is 2.28. The molecule has 1 amide bonds. The molecule has 6 nitrogen and oxygen atoms in total. The van der Waals surface area contributed by atoms with Crippen LogP contribution in [0, 0.1) is 5.92 Å². The van der Waals surface area contributed by atoms with Gasteiger partial charge in [-0.05, 0) is 25.7 Å². The van der Waals surface area contributed by atoms with E-state index in [1.165, 1.54) is 0 Å². The first-order chi connectivity index (χ1) is 8.13. The average Bonchev–Trinajstić information content (AvgIpc) is 2.29. The fourth-order valence-corrected chi connectivity index (χ4v) is 2.00. The molecule has 1 unspecified atom stereocenters. The maximum atomic E-state index is 11.5. The molecule has 1 fully saturated rings. The molecular formula is C11H20N2O4. The van der Waals surface area contributed by atoms with Crippen LogP contribution >= 0.6 is 0 Å². The third kappa shape index (κ3) is 5.04. The number of hydrogen-bond acceptors (Lipinski definition) is 4. The van der Waals surface area contributed by atoms with E-state index in [2.05, 4.69) is 5.32 Å². The molecule has 0 radical (unpaired) electrons. The van der Waals surface area contributed by atoms with E-state index in [9.17, 15) is 9.59 Å². The molecule has 1 aliphatic rings. The van der Waals surface area contributed by atoms with E-state index in [1.54, 1.807) is 11.8 Å². The lowest BCUT2D eigenvalue weighted by Gasteiger charge is -2.31. The molecule has 1 heterocycles. The van der Waals surface area contributed by atoms with Gasteiger partial charge in [-0.15, -0.1) is 0 Å². The summed E-state index contributed by atoms with van der Waals surface area (Å²) in [6.07, 6.45) is 1.69. The highest BCUT2D eigenvalue weighted by molar-refractivity contribution is 5.69. The van der Waals surface area contributed by atoms with Gasteiger partial charge in [0.15, 0.2) is 0 Å². The molecule has 0 aromatic carbocycles. The number of carbonyl (C=O) groups excluding carboxylic acids is 1. The Morgan fingerprint density at radius 1 is 1.53 bits per heavy atom. The molecule has 1 atom stereocenters. The zero-order valence-electron chi connectivity index (χ0n) is 10.1. The highest BCUT2D eigenvalue weighted by atomic mass is 16.6. The minimum absolute atomic E-state index is 0.0318. The predicted molar refractivity (Wildman–Crippen MR) is 61.8 cm³/mol. The molecule has 1 aliphatic heterocycles. The Morgan fingerprint density at radius 3 is 2.94 bits per heavy atom. The Labute approximate surface area is 101 Å². The molecule has 17 heavy (non-hydrogen) atoms. The summed E-state index contributed by atoms with van der Waals surface area (Å²) in [5, 5.41) is 11.4. The zero-order valence-corrected chi connectivity index (χ0v) is 10.1. The SMILES string of the molecule is CCOC(=O)N1CCCC(CNCC(=O)O)C1. The van der Waals surface area contributed by atoms with Crippen LogP contribution in [0.2, 0.25) is 0 Å². The van der Waals surface area contributed by atoms with Crippen LogP contribution in [0.1, 0.15) is 19.8 Å². The zero-order chi connectivity index (χ0) is 12.7. The van der Waals surface area contributed by atoms with Crippen LogP contribution in [0.5, 0.6) is 0 Å². The fourth-order valence-electron chi connectivity index (χ4n) is 2.00. The quantitative estimate of drug-likeness (QED) is 0.737. The monoisotopic (exact) mass is 244 g/mol. The van der Waals surface area contributed by atoms with Gasteiger partial charge >= 0.3 is 12.1 Å². The molecule has 0 aromatic rings. The van der Waals surface area contributed by atoms with Crippen molar-refractivity contribution in [3.63, 3.8) is 0 Å². The molecule has 2 N–H and O–H groups in total. The second-order valence-electron chi connectivity index (χ2n) is 4.18. The van der Waals surface area contributed by atoms with Gasteiger partial charge in [0.05, 0.1) is 13.2 Å². The van der Waals surface area contributed by atoms with Crippen LogP contribution in [0.4, 0.5) is 4.79 Å². The number of likely N-dealkylation sites (tertiary alicyclic amines) is 1. The second kappa shape index (κ2) is 7.11. The molecular weight excluding hydrogens is 224 g/mol. The van der Waals surface area contributed by atoms with Gasteiger partial charge in [-0.25, -0.2) is 4.79 Å². The van der Waals surface area contributed by atoms with E-state index >= 15 is 0 Å². The number of hydrogen-bond donors (Lipinski definition) is 2. The third-order valence-corrected chi connectivity index (χ3v) is 2.75. The fraction of sp³-hybridized carbons (Fsp3) is 0.818. The normalized spacial score (nSPS) is 20.1. The van der Waals surface area contributed by atoms with Crippen molar-refractivity contribution < 1.29 is 19.4 Å². The number of carboxylic acids is 1. The first-order valence-electron chi connectivity index (χ1n) is 5.97. The largest absolute Gasteiger partial charge is 0.480 e. The van der Waals surface area contributed by atoms with Gasteiger partial charge in [-0.3, -0.25) is 4.79 Å². The molecule has 0 aromatic heterocycles. The number of piperidine rings is 1. The number of rotatable bonds is 5. The molecule has 1 rings (SSSR count). The number of carbonyl (C=O) groups is 2. The van der Waals surface area contributed by atoms with Crippen LogP contribution in [0.15, 0.2) is 0 Å². The summed E-state index contributed by atoms with van der Waals surface area (Å²) in [7, 11) is 0. The maximum absolute atomic E-state index is 11.5. The molecule has 98 valence electrons. The second-order valence-corrected chi connectivity index (χ2v) is 4.18. The summed E-state index contributed by atoms with van der Waals surface area (Å²) in [4.78, 5) is 23.6. The molecule has 1 saturated heterocycles. The number of ether oxygens (including phenoxy) is 1. The summed E-state index contributed by atoms with van der Waals surface area (Å²) in [5.41, 5.74) is 0. The lowest BCUT2D eigenvalue weighted by Crippen LogP contribution is -2.43. The van der Waals surface area contributed by atoms with Gasteiger partial charge in [0.1, 0.15) is 0 Å². The van der Waals surface area contributed by atoms with Crippen molar-refractivity contribution in [3.05, 3.63) is 0 Å². The van der Waals surface area contributed by atoms with Crippen LogP contribution in [0.25, 0.3) is 0 Å². The lowest BCUT2D eigenvalue weighted by atomic mass is 9.98. The van der Waals surface area contributed by atoms with Crippen molar-refractivity contribution in [2.75, 3.05) is 32.8 Å². The van der Waals surface area contributed by atoms with Gasteiger partial charge in [-0.2, -0.15) is 0 Å². The number of amides is 1.